The summed E-state index contributed by atoms with van der Waals surface area (Å²) in [5, 5.41) is 9.50. The molecule has 2 aromatic carbocycles. The Hall–Kier alpha value is -1.72. The molecule has 2 rings (SSSR count). The minimum atomic E-state index is -1.09. The lowest BCUT2D eigenvalue weighted by molar-refractivity contribution is 0.0696. The van der Waals surface area contributed by atoms with Gasteiger partial charge in [-0.2, -0.15) is 0 Å². The van der Waals surface area contributed by atoms with Crippen molar-refractivity contribution in [1.82, 2.24) is 0 Å². The number of benzene rings is 2. The van der Waals surface area contributed by atoms with Crippen LogP contribution in [0.5, 0.6) is 5.75 Å². The monoisotopic (exact) mass is 326 g/mol. The van der Waals surface area contributed by atoms with E-state index in [1.165, 1.54) is 23.9 Å². The number of carboxylic acids is 1. The number of halogens is 2. The maximum atomic E-state index is 13.7. The molecule has 0 saturated heterocycles. The first-order valence-corrected chi connectivity index (χ1v) is 7.35. The standard InChI is InChI=1S/C15H12ClFO3S/c1-20-13-5-3-11(16)6-10(13)8-21-14-7-9(15(18)19)2-4-12(14)17/h2-7H,8H2,1H3,(H,18,19). The molecule has 1 N–H and O–H groups in total. The van der Waals surface area contributed by atoms with Crippen molar-refractivity contribution in [1.29, 1.82) is 0 Å². The molecule has 110 valence electrons. The molecule has 0 aromatic heterocycles. The van der Waals surface area contributed by atoms with Gasteiger partial charge >= 0.3 is 5.97 Å². The van der Waals surface area contributed by atoms with Crippen molar-refractivity contribution < 1.29 is 19.0 Å². The van der Waals surface area contributed by atoms with Crippen LogP contribution >= 0.6 is 23.4 Å². The largest absolute Gasteiger partial charge is 0.496 e. The molecule has 0 aliphatic rings. The molecule has 0 amide bonds. The third kappa shape index (κ3) is 3.89. The maximum absolute atomic E-state index is 13.7. The second kappa shape index (κ2) is 6.83. The van der Waals surface area contributed by atoms with Crippen molar-refractivity contribution in [2.45, 2.75) is 10.6 Å². The van der Waals surface area contributed by atoms with Crippen LogP contribution in [-0.4, -0.2) is 18.2 Å². The Balaban J connectivity index is 2.22. The first-order valence-electron chi connectivity index (χ1n) is 5.99. The van der Waals surface area contributed by atoms with E-state index in [4.69, 9.17) is 21.4 Å². The van der Waals surface area contributed by atoms with Gasteiger partial charge < -0.3 is 9.84 Å². The zero-order valence-electron chi connectivity index (χ0n) is 11.1. The van der Waals surface area contributed by atoms with Crippen molar-refractivity contribution in [3.8, 4) is 5.75 Å². The molecule has 0 radical (unpaired) electrons. The highest BCUT2D eigenvalue weighted by Gasteiger charge is 2.11. The normalized spacial score (nSPS) is 10.4. The van der Waals surface area contributed by atoms with Gasteiger partial charge in [-0.3, -0.25) is 0 Å². The Morgan fingerprint density at radius 2 is 2.10 bits per heavy atom. The van der Waals surface area contributed by atoms with Gasteiger partial charge in [0.2, 0.25) is 0 Å². The molecule has 21 heavy (non-hydrogen) atoms. The molecular formula is C15H12ClFO3S. The number of hydrogen-bond acceptors (Lipinski definition) is 3. The van der Waals surface area contributed by atoms with Gasteiger partial charge in [0.05, 0.1) is 12.7 Å². The molecule has 0 fully saturated rings. The number of rotatable bonds is 5. The summed E-state index contributed by atoms with van der Waals surface area (Å²) < 4.78 is 18.9. The number of hydrogen-bond donors (Lipinski definition) is 1. The van der Waals surface area contributed by atoms with Gasteiger partial charge in [-0.05, 0) is 36.4 Å². The van der Waals surface area contributed by atoms with Gasteiger partial charge in [0.15, 0.2) is 0 Å². The van der Waals surface area contributed by atoms with Crippen LogP contribution in [0.4, 0.5) is 4.39 Å². The van der Waals surface area contributed by atoms with Crippen LogP contribution in [0, 0.1) is 5.82 Å². The van der Waals surface area contributed by atoms with Crippen LogP contribution in [0.3, 0.4) is 0 Å². The summed E-state index contributed by atoms with van der Waals surface area (Å²) in [4.78, 5) is 11.2. The highest BCUT2D eigenvalue weighted by molar-refractivity contribution is 7.98. The minimum Gasteiger partial charge on any atom is -0.496 e. The number of ether oxygens (including phenoxy) is 1. The predicted molar refractivity (Wildman–Crippen MR) is 80.9 cm³/mol. The number of carboxylic acid groups (broad SMARTS) is 1. The second-order valence-corrected chi connectivity index (χ2v) is 5.65. The fraction of sp³-hybridized carbons (Fsp3) is 0.133. The molecule has 0 atom stereocenters. The third-order valence-electron chi connectivity index (χ3n) is 2.80. The average Bonchev–Trinajstić information content (AvgIpc) is 2.46. The van der Waals surface area contributed by atoms with Crippen molar-refractivity contribution in [3.05, 3.63) is 58.4 Å². The number of thioether (sulfide) groups is 1. The topological polar surface area (TPSA) is 46.5 Å². The van der Waals surface area contributed by atoms with Crippen molar-refractivity contribution in [2.75, 3.05) is 7.11 Å². The highest BCUT2D eigenvalue weighted by atomic mass is 35.5. The zero-order chi connectivity index (χ0) is 15.4. The lowest BCUT2D eigenvalue weighted by atomic mass is 10.2. The van der Waals surface area contributed by atoms with Gasteiger partial charge in [-0.25, -0.2) is 9.18 Å². The zero-order valence-corrected chi connectivity index (χ0v) is 12.7. The molecule has 0 aliphatic heterocycles. The number of methoxy groups -OCH3 is 1. The SMILES string of the molecule is COc1ccc(Cl)cc1CSc1cc(C(=O)O)ccc1F. The van der Waals surface area contributed by atoms with Crippen molar-refractivity contribution >= 4 is 29.3 Å². The van der Waals surface area contributed by atoms with Gasteiger partial charge in [0, 0.05) is 21.2 Å². The summed E-state index contributed by atoms with van der Waals surface area (Å²) in [7, 11) is 1.54. The Morgan fingerprint density at radius 1 is 1.33 bits per heavy atom. The number of aromatic carboxylic acids is 1. The Kier molecular flexibility index (Phi) is 5.09. The average molecular weight is 327 g/mol. The Morgan fingerprint density at radius 3 is 2.76 bits per heavy atom. The smallest absolute Gasteiger partial charge is 0.335 e. The van der Waals surface area contributed by atoms with E-state index in [1.807, 2.05) is 0 Å². The lowest BCUT2D eigenvalue weighted by Crippen LogP contribution is -1.97. The van der Waals surface area contributed by atoms with E-state index in [9.17, 15) is 9.18 Å². The summed E-state index contributed by atoms with van der Waals surface area (Å²) >= 11 is 7.13. The Bertz CT molecular complexity index is 676. The minimum absolute atomic E-state index is 0.0527. The second-order valence-electron chi connectivity index (χ2n) is 4.20. The molecule has 0 saturated carbocycles. The summed E-state index contributed by atoms with van der Waals surface area (Å²) in [6.07, 6.45) is 0. The summed E-state index contributed by atoms with van der Waals surface area (Å²) in [5.41, 5.74) is 0.868. The first-order chi connectivity index (χ1) is 10.0. The molecule has 0 spiro atoms. The fourth-order valence-corrected chi connectivity index (χ4v) is 2.91. The molecule has 0 aliphatic carbocycles. The summed E-state index contributed by atoms with van der Waals surface area (Å²) in [5.74, 6) is -0.464. The molecule has 0 heterocycles. The Labute approximate surface area is 130 Å². The van der Waals surface area contributed by atoms with E-state index < -0.39 is 11.8 Å². The summed E-state index contributed by atoms with van der Waals surface area (Å²) in [6.45, 7) is 0. The van der Waals surface area contributed by atoms with Crippen LogP contribution in [0.2, 0.25) is 5.02 Å². The van der Waals surface area contributed by atoms with Crippen molar-refractivity contribution in [3.63, 3.8) is 0 Å². The van der Waals surface area contributed by atoms with E-state index in [1.54, 1.807) is 25.3 Å². The molecule has 2 aromatic rings. The number of carbonyl (C=O) groups is 1. The molecule has 0 unspecified atom stereocenters. The summed E-state index contributed by atoms with van der Waals surface area (Å²) in [6, 6.07) is 8.90. The van der Waals surface area contributed by atoms with E-state index in [0.717, 1.165) is 11.6 Å². The van der Waals surface area contributed by atoms with Crippen LogP contribution in [0.1, 0.15) is 15.9 Å². The van der Waals surface area contributed by atoms with E-state index in [0.29, 0.717) is 16.5 Å². The van der Waals surface area contributed by atoms with Gasteiger partial charge in [-0.1, -0.05) is 11.6 Å². The molecular weight excluding hydrogens is 315 g/mol. The molecule has 3 nitrogen and oxygen atoms in total. The van der Waals surface area contributed by atoms with Crippen molar-refractivity contribution in [2.24, 2.45) is 0 Å². The van der Waals surface area contributed by atoms with Crippen LogP contribution < -0.4 is 4.74 Å². The third-order valence-corrected chi connectivity index (χ3v) is 4.12. The quantitative estimate of drug-likeness (QED) is 0.823. The van der Waals surface area contributed by atoms with Crippen LogP contribution in [-0.2, 0) is 5.75 Å². The fourth-order valence-electron chi connectivity index (χ4n) is 1.76. The predicted octanol–water partition coefficient (Wildman–Crippen LogP) is 4.48. The highest BCUT2D eigenvalue weighted by Crippen LogP contribution is 2.31. The van der Waals surface area contributed by atoms with Gasteiger partial charge in [0.25, 0.3) is 0 Å². The maximum Gasteiger partial charge on any atom is 0.335 e. The van der Waals surface area contributed by atoms with Gasteiger partial charge in [0.1, 0.15) is 11.6 Å². The molecule has 0 bridgehead atoms. The lowest BCUT2D eigenvalue weighted by Gasteiger charge is -2.09. The van der Waals surface area contributed by atoms with E-state index in [-0.39, 0.29) is 10.5 Å². The molecule has 6 heteroatoms. The van der Waals surface area contributed by atoms with Gasteiger partial charge in [-0.15, -0.1) is 11.8 Å². The first kappa shape index (κ1) is 15.7. The van der Waals surface area contributed by atoms with Crippen LogP contribution in [0.15, 0.2) is 41.3 Å². The van der Waals surface area contributed by atoms with Crippen LogP contribution in [0.25, 0.3) is 0 Å². The van der Waals surface area contributed by atoms with E-state index in [2.05, 4.69) is 0 Å². The van der Waals surface area contributed by atoms with E-state index >= 15 is 0 Å².